The summed E-state index contributed by atoms with van der Waals surface area (Å²) in [7, 11) is 0. The first-order chi connectivity index (χ1) is 13.0. The predicted octanol–water partition coefficient (Wildman–Crippen LogP) is 1.08. The zero-order valence-corrected chi connectivity index (χ0v) is 14.2. The first-order valence-corrected chi connectivity index (χ1v) is 7.85. The van der Waals surface area contributed by atoms with Gasteiger partial charge < -0.3 is 16.4 Å². The van der Waals surface area contributed by atoms with Gasteiger partial charge in [-0.1, -0.05) is 12.6 Å². The lowest BCUT2D eigenvalue weighted by Crippen LogP contribution is -2.16. The molecule has 0 bridgehead atoms. The summed E-state index contributed by atoms with van der Waals surface area (Å²) in [5.41, 5.74) is 6.83. The highest BCUT2D eigenvalue weighted by Gasteiger charge is 2.13. The molecule has 0 spiro atoms. The maximum Gasteiger partial charge on any atom is 0.278 e. The van der Waals surface area contributed by atoms with Crippen LogP contribution in [0.25, 0.3) is 0 Å². The third-order valence-electron chi connectivity index (χ3n) is 3.40. The second-order valence-electron chi connectivity index (χ2n) is 5.38. The van der Waals surface area contributed by atoms with Crippen LogP contribution in [0.2, 0.25) is 0 Å². The smallest absolute Gasteiger partial charge is 0.278 e. The first kappa shape index (κ1) is 17.7. The lowest BCUT2D eigenvalue weighted by molar-refractivity contribution is -0.111. The Labute approximate surface area is 154 Å². The van der Waals surface area contributed by atoms with Crippen molar-refractivity contribution in [3.8, 4) is 0 Å². The van der Waals surface area contributed by atoms with Crippen molar-refractivity contribution in [2.75, 3.05) is 16.4 Å². The van der Waals surface area contributed by atoms with E-state index in [4.69, 9.17) is 5.73 Å². The number of nitrogen functional groups attached to an aromatic ring is 1. The van der Waals surface area contributed by atoms with Crippen molar-refractivity contribution < 1.29 is 9.59 Å². The Bertz CT molecular complexity index is 998. The number of rotatable bonds is 6. The van der Waals surface area contributed by atoms with E-state index in [0.29, 0.717) is 23.7 Å². The Balaban J connectivity index is 1.67. The lowest BCUT2D eigenvalue weighted by atomic mass is 10.3. The van der Waals surface area contributed by atoms with E-state index in [0.717, 1.165) is 0 Å². The van der Waals surface area contributed by atoms with Gasteiger partial charge >= 0.3 is 0 Å². The number of nitrogens with zero attached hydrogens (tertiary/aromatic N) is 5. The minimum Gasteiger partial charge on any atom is -0.382 e. The van der Waals surface area contributed by atoms with Crippen molar-refractivity contribution in [1.29, 1.82) is 0 Å². The van der Waals surface area contributed by atoms with Gasteiger partial charge in [-0.05, 0) is 18.2 Å². The molecule has 0 saturated carbocycles. The molecule has 0 saturated heterocycles. The number of hydrogen-bond acceptors (Lipinski definition) is 7. The zero-order valence-electron chi connectivity index (χ0n) is 14.2. The predicted molar refractivity (Wildman–Crippen MR) is 98.8 cm³/mol. The second-order valence-corrected chi connectivity index (χ2v) is 5.38. The average Bonchev–Trinajstić information content (AvgIpc) is 3.09. The van der Waals surface area contributed by atoms with Gasteiger partial charge in [0.2, 0.25) is 5.91 Å². The Hall–Kier alpha value is -4.08. The summed E-state index contributed by atoms with van der Waals surface area (Å²) in [4.78, 5) is 35.6. The van der Waals surface area contributed by atoms with Crippen LogP contribution in [0.1, 0.15) is 16.2 Å². The molecule has 0 aliphatic rings. The van der Waals surface area contributed by atoms with Gasteiger partial charge in [0.05, 0.1) is 24.1 Å². The van der Waals surface area contributed by atoms with Gasteiger partial charge in [-0.3, -0.25) is 14.3 Å². The van der Waals surface area contributed by atoms with E-state index >= 15 is 0 Å². The molecule has 0 aliphatic heterocycles. The van der Waals surface area contributed by atoms with E-state index < -0.39 is 5.91 Å². The molecule has 0 radical (unpaired) electrons. The van der Waals surface area contributed by atoms with Crippen LogP contribution >= 0.6 is 0 Å². The molecule has 0 atom stereocenters. The molecule has 10 nitrogen and oxygen atoms in total. The van der Waals surface area contributed by atoms with Gasteiger partial charge in [0, 0.05) is 18.6 Å². The highest BCUT2D eigenvalue weighted by Crippen LogP contribution is 2.12. The van der Waals surface area contributed by atoms with Crippen LogP contribution in [0.3, 0.4) is 0 Å². The molecule has 3 heterocycles. The number of aromatic nitrogens is 5. The van der Waals surface area contributed by atoms with Crippen molar-refractivity contribution in [3.05, 3.63) is 67.0 Å². The molecule has 3 rings (SSSR count). The number of anilines is 3. The Kier molecular flexibility index (Phi) is 5.17. The number of carbonyl (C=O) groups is 2. The van der Waals surface area contributed by atoms with Gasteiger partial charge in [-0.15, -0.1) is 0 Å². The van der Waals surface area contributed by atoms with Crippen LogP contribution in [-0.2, 0) is 11.3 Å². The molecular formula is C17H16N8O2. The van der Waals surface area contributed by atoms with Gasteiger partial charge in [-0.25, -0.2) is 15.0 Å². The van der Waals surface area contributed by atoms with Crippen LogP contribution in [0, 0.1) is 0 Å². The van der Waals surface area contributed by atoms with E-state index in [2.05, 4.69) is 37.3 Å². The van der Waals surface area contributed by atoms with Crippen LogP contribution in [0.4, 0.5) is 17.3 Å². The molecule has 0 aromatic carbocycles. The van der Waals surface area contributed by atoms with Gasteiger partial charge in [0.1, 0.15) is 5.82 Å². The molecule has 27 heavy (non-hydrogen) atoms. The van der Waals surface area contributed by atoms with E-state index in [9.17, 15) is 9.59 Å². The monoisotopic (exact) mass is 364 g/mol. The van der Waals surface area contributed by atoms with Gasteiger partial charge in [0.15, 0.2) is 11.5 Å². The molecule has 136 valence electrons. The van der Waals surface area contributed by atoms with Crippen molar-refractivity contribution in [3.63, 3.8) is 0 Å². The van der Waals surface area contributed by atoms with Gasteiger partial charge in [0.25, 0.3) is 5.91 Å². The third kappa shape index (κ3) is 4.51. The summed E-state index contributed by atoms with van der Waals surface area (Å²) in [6.45, 7) is 3.74. The van der Waals surface area contributed by atoms with E-state index in [-0.39, 0.29) is 17.4 Å². The molecule has 10 heteroatoms. The van der Waals surface area contributed by atoms with Crippen molar-refractivity contribution >= 4 is 29.1 Å². The molecule has 2 amide bonds. The van der Waals surface area contributed by atoms with Crippen LogP contribution in [0.5, 0.6) is 0 Å². The van der Waals surface area contributed by atoms with Crippen molar-refractivity contribution in [2.24, 2.45) is 0 Å². The summed E-state index contributed by atoms with van der Waals surface area (Å²) in [6, 6.07) is 5.23. The van der Waals surface area contributed by atoms with Crippen LogP contribution in [-0.4, -0.2) is 36.5 Å². The zero-order chi connectivity index (χ0) is 19.2. The normalized spacial score (nSPS) is 10.2. The number of amides is 2. The standard InChI is InChI=1S/C17H16N8O2/c1-2-14(26)24-13-5-3-4-11(22-13)9-25-10-12(8-21-25)23-17(27)15-16(18)20-7-6-19-15/h2-8,10H,1,9H2,(H2,18,20)(H,23,27)(H,22,24,26). The quantitative estimate of drug-likeness (QED) is 0.556. The third-order valence-corrected chi connectivity index (χ3v) is 3.40. The van der Waals surface area contributed by atoms with Gasteiger partial charge in [-0.2, -0.15) is 5.10 Å². The molecule has 3 aromatic rings. The minimum absolute atomic E-state index is 0.0394. The van der Waals surface area contributed by atoms with E-state index in [1.807, 2.05) is 0 Å². The maximum absolute atomic E-state index is 12.2. The molecule has 0 unspecified atom stereocenters. The van der Waals surface area contributed by atoms with Crippen molar-refractivity contribution in [2.45, 2.75) is 6.54 Å². The summed E-state index contributed by atoms with van der Waals surface area (Å²) in [5, 5.41) is 9.43. The average molecular weight is 364 g/mol. The fourth-order valence-electron chi connectivity index (χ4n) is 2.21. The summed E-state index contributed by atoms with van der Waals surface area (Å²) in [6.07, 6.45) is 7.09. The Morgan fingerprint density at radius 3 is 2.81 bits per heavy atom. The molecule has 0 fully saturated rings. The SMILES string of the molecule is C=CC(=O)Nc1cccc(Cn2cc(NC(=O)c3nccnc3N)cn2)n1. The number of carbonyl (C=O) groups excluding carboxylic acids is 2. The second kappa shape index (κ2) is 7.87. The van der Waals surface area contributed by atoms with Crippen LogP contribution in [0.15, 0.2) is 55.6 Å². The number of hydrogen-bond donors (Lipinski definition) is 3. The van der Waals surface area contributed by atoms with Crippen LogP contribution < -0.4 is 16.4 Å². The highest BCUT2D eigenvalue weighted by atomic mass is 16.2. The molecule has 3 aromatic heterocycles. The molecular weight excluding hydrogens is 348 g/mol. The largest absolute Gasteiger partial charge is 0.382 e. The fourth-order valence-corrected chi connectivity index (χ4v) is 2.21. The summed E-state index contributed by atoms with van der Waals surface area (Å²) < 4.78 is 1.59. The van der Waals surface area contributed by atoms with E-state index in [1.54, 1.807) is 29.1 Å². The Morgan fingerprint density at radius 1 is 1.22 bits per heavy atom. The lowest BCUT2D eigenvalue weighted by Gasteiger charge is -2.05. The highest BCUT2D eigenvalue weighted by molar-refractivity contribution is 6.05. The topological polar surface area (TPSA) is 141 Å². The summed E-state index contributed by atoms with van der Waals surface area (Å²) >= 11 is 0. The Morgan fingerprint density at radius 2 is 2.04 bits per heavy atom. The number of nitrogens with one attached hydrogen (secondary N) is 2. The van der Waals surface area contributed by atoms with E-state index in [1.165, 1.54) is 24.7 Å². The number of pyridine rings is 1. The fraction of sp³-hybridized carbons (Fsp3) is 0.0588. The maximum atomic E-state index is 12.2. The molecule has 4 N–H and O–H groups in total. The minimum atomic E-state index is -0.479. The molecule has 0 aliphatic carbocycles. The number of nitrogens with two attached hydrogens (primary N) is 1. The van der Waals surface area contributed by atoms with Crippen molar-refractivity contribution in [1.82, 2.24) is 24.7 Å². The summed E-state index contributed by atoms with van der Waals surface area (Å²) in [5.74, 6) is -0.361. The first-order valence-electron chi connectivity index (χ1n) is 7.85.